The molecule has 0 aliphatic heterocycles. The predicted molar refractivity (Wildman–Crippen MR) is 59.3 cm³/mol. The fraction of sp³-hybridized carbons (Fsp3) is 0.167. The van der Waals surface area contributed by atoms with Crippen LogP contribution in [0, 0.1) is 13.8 Å². The van der Waals surface area contributed by atoms with Gasteiger partial charge in [0.15, 0.2) is 0 Å². The highest BCUT2D eigenvalue weighted by molar-refractivity contribution is 5.28. The normalized spacial score (nSPS) is 10.3. The van der Waals surface area contributed by atoms with E-state index in [1.165, 1.54) is 0 Å². The van der Waals surface area contributed by atoms with E-state index in [4.69, 9.17) is 0 Å². The zero-order valence-electron chi connectivity index (χ0n) is 8.77. The summed E-state index contributed by atoms with van der Waals surface area (Å²) in [5.41, 5.74) is 2.00. The molecule has 2 heterocycles. The Labute approximate surface area is 88.0 Å². The third-order valence-corrected chi connectivity index (χ3v) is 2.22. The van der Waals surface area contributed by atoms with E-state index in [9.17, 15) is 4.79 Å². The van der Waals surface area contributed by atoms with E-state index in [0.717, 1.165) is 11.1 Å². The minimum absolute atomic E-state index is 0.0481. The molecule has 0 aromatic carbocycles. The molecular weight excluding hydrogens is 188 g/mol. The second-order valence-corrected chi connectivity index (χ2v) is 3.60. The highest BCUT2D eigenvalue weighted by atomic mass is 16.1. The average Bonchev–Trinajstić information content (AvgIpc) is 2.17. The van der Waals surface area contributed by atoms with Gasteiger partial charge in [0.25, 0.3) is 5.56 Å². The van der Waals surface area contributed by atoms with Gasteiger partial charge in [-0.2, -0.15) is 0 Å². The summed E-state index contributed by atoms with van der Waals surface area (Å²) < 4.78 is 1.54. The Bertz CT molecular complexity index is 543. The number of hydrogen-bond donors (Lipinski definition) is 0. The molecule has 0 N–H and O–H groups in total. The summed E-state index contributed by atoms with van der Waals surface area (Å²) in [5, 5.41) is 0. The Morgan fingerprint density at radius 3 is 2.53 bits per heavy atom. The summed E-state index contributed by atoms with van der Waals surface area (Å²) in [6.07, 6.45) is 3.45. The maximum Gasteiger partial charge on any atom is 0.256 e. The third-order valence-electron chi connectivity index (χ3n) is 2.22. The van der Waals surface area contributed by atoms with Gasteiger partial charge in [0.2, 0.25) is 0 Å². The van der Waals surface area contributed by atoms with Gasteiger partial charge in [-0.15, -0.1) is 0 Å². The molecule has 2 aromatic heterocycles. The van der Waals surface area contributed by atoms with Crippen LogP contribution >= 0.6 is 0 Å². The molecule has 76 valence electrons. The van der Waals surface area contributed by atoms with Crippen molar-refractivity contribution in [2.45, 2.75) is 13.8 Å². The van der Waals surface area contributed by atoms with E-state index in [0.29, 0.717) is 5.82 Å². The smallest absolute Gasteiger partial charge is 0.256 e. The molecule has 0 saturated heterocycles. The van der Waals surface area contributed by atoms with E-state index < -0.39 is 0 Å². The Hall–Kier alpha value is -1.90. The molecule has 2 aromatic rings. The average molecular weight is 200 g/mol. The summed E-state index contributed by atoms with van der Waals surface area (Å²) in [5.74, 6) is 0.667. The first-order valence-electron chi connectivity index (χ1n) is 4.79. The van der Waals surface area contributed by atoms with Crippen LogP contribution < -0.4 is 5.56 Å². The van der Waals surface area contributed by atoms with E-state index in [1.807, 2.05) is 32.0 Å². The van der Waals surface area contributed by atoms with Gasteiger partial charge in [-0.25, -0.2) is 4.98 Å². The monoisotopic (exact) mass is 200 g/mol. The lowest BCUT2D eigenvalue weighted by molar-refractivity contribution is 0.932. The van der Waals surface area contributed by atoms with Crippen LogP contribution in [0.2, 0.25) is 0 Å². The number of aromatic nitrogens is 2. The van der Waals surface area contributed by atoms with Crippen molar-refractivity contribution in [2.24, 2.45) is 0 Å². The van der Waals surface area contributed by atoms with Gasteiger partial charge in [-0.05, 0) is 43.2 Å². The van der Waals surface area contributed by atoms with Crippen LogP contribution in [-0.4, -0.2) is 9.55 Å². The van der Waals surface area contributed by atoms with Crippen molar-refractivity contribution >= 4 is 0 Å². The van der Waals surface area contributed by atoms with Crippen LogP contribution in [-0.2, 0) is 0 Å². The zero-order valence-corrected chi connectivity index (χ0v) is 8.77. The lowest BCUT2D eigenvalue weighted by atomic mass is 10.3. The van der Waals surface area contributed by atoms with Crippen molar-refractivity contribution in [1.29, 1.82) is 0 Å². The molecule has 3 heteroatoms. The molecule has 0 amide bonds. The molecule has 3 nitrogen and oxygen atoms in total. The number of aryl methyl sites for hydroxylation is 2. The van der Waals surface area contributed by atoms with Crippen molar-refractivity contribution in [1.82, 2.24) is 9.55 Å². The fourth-order valence-corrected chi connectivity index (χ4v) is 1.42. The number of hydrogen-bond acceptors (Lipinski definition) is 2. The highest BCUT2D eigenvalue weighted by Gasteiger charge is 2.00. The van der Waals surface area contributed by atoms with Gasteiger partial charge in [0.05, 0.1) is 0 Å². The molecule has 0 aliphatic carbocycles. The van der Waals surface area contributed by atoms with E-state index in [2.05, 4.69) is 4.98 Å². The topological polar surface area (TPSA) is 34.9 Å². The van der Waals surface area contributed by atoms with Crippen molar-refractivity contribution < 1.29 is 0 Å². The second-order valence-electron chi connectivity index (χ2n) is 3.60. The number of pyridine rings is 2. The van der Waals surface area contributed by atoms with Gasteiger partial charge in [-0.3, -0.25) is 9.36 Å². The van der Waals surface area contributed by atoms with E-state index in [1.54, 1.807) is 23.0 Å². The number of rotatable bonds is 1. The Kier molecular flexibility index (Phi) is 2.37. The zero-order chi connectivity index (χ0) is 10.8. The van der Waals surface area contributed by atoms with Gasteiger partial charge in [-0.1, -0.05) is 0 Å². The van der Waals surface area contributed by atoms with Crippen LogP contribution in [0.25, 0.3) is 5.82 Å². The van der Waals surface area contributed by atoms with Crippen LogP contribution in [0.15, 0.2) is 41.5 Å². The van der Waals surface area contributed by atoms with Crippen molar-refractivity contribution in [3.63, 3.8) is 0 Å². The highest BCUT2D eigenvalue weighted by Crippen LogP contribution is 2.04. The van der Waals surface area contributed by atoms with Gasteiger partial charge in [0.1, 0.15) is 5.82 Å². The van der Waals surface area contributed by atoms with Crippen molar-refractivity contribution in [3.8, 4) is 5.82 Å². The standard InChI is InChI=1S/C12H12N2O/c1-9-3-5-13-11(7-9)14-6-4-10(2)8-12(14)15/h3-8H,1-2H3. The minimum atomic E-state index is -0.0481. The first kappa shape index (κ1) is 9.65. The van der Waals surface area contributed by atoms with E-state index >= 15 is 0 Å². The largest absolute Gasteiger partial charge is 0.269 e. The Morgan fingerprint density at radius 1 is 1.13 bits per heavy atom. The lowest BCUT2D eigenvalue weighted by Crippen LogP contribution is -2.17. The first-order valence-corrected chi connectivity index (χ1v) is 4.79. The molecular formula is C12H12N2O. The minimum Gasteiger partial charge on any atom is -0.269 e. The Morgan fingerprint density at radius 2 is 1.87 bits per heavy atom. The first-order chi connectivity index (χ1) is 7.16. The summed E-state index contributed by atoms with van der Waals surface area (Å²) in [6.45, 7) is 3.87. The second kappa shape index (κ2) is 3.69. The molecule has 0 unspecified atom stereocenters. The third kappa shape index (κ3) is 1.96. The van der Waals surface area contributed by atoms with Crippen molar-refractivity contribution in [3.05, 3.63) is 58.1 Å². The molecule has 0 saturated carbocycles. The van der Waals surface area contributed by atoms with Gasteiger partial charge < -0.3 is 0 Å². The molecule has 0 radical (unpaired) electrons. The molecule has 0 atom stereocenters. The van der Waals surface area contributed by atoms with Crippen LogP contribution in [0.4, 0.5) is 0 Å². The maximum atomic E-state index is 11.7. The summed E-state index contributed by atoms with van der Waals surface area (Å²) in [4.78, 5) is 15.8. The Balaban J connectivity index is 2.59. The lowest BCUT2D eigenvalue weighted by Gasteiger charge is -2.04. The SMILES string of the molecule is Cc1ccnc(-n2ccc(C)cc2=O)c1. The molecule has 2 rings (SSSR count). The quantitative estimate of drug-likeness (QED) is 0.704. The maximum absolute atomic E-state index is 11.7. The van der Waals surface area contributed by atoms with E-state index in [-0.39, 0.29) is 5.56 Å². The van der Waals surface area contributed by atoms with Crippen molar-refractivity contribution in [2.75, 3.05) is 0 Å². The molecule has 0 fully saturated rings. The van der Waals surface area contributed by atoms with Crippen LogP contribution in [0.1, 0.15) is 11.1 Å². The number of nitrogens with zero attached hydrogens (tertiary/aromatic N) is 2. The summed E-state index contributed by atoms with van der Waals surface area (Å²) >= 11 is 0. The molecule has 0 aliphatic rings. The van der Waals surface area contributed by atoms with Crippen LogP contribution in [0.5, 0.6) is 0 Å². The molecule has 15 heavy (non-hydrogen) atoms. The fourth-order valence-electron chi connectivity index (χ4n) is 1.42. The molecule has 0 bridgehead atoms. The van der Waals surface area contributed by atoms with Gasteiger partial charge in [0, 0.05) is 18.5 Å². The van der Waals surface area contributed by atoms with Crippen LogP contribution in [0.3, 0.4) is 0 Å². The molecule has 0 spiro atoms. The van der Waals surface area contributed by atoms with Gasteiger partial charge >= 0.3 is 0 Å². The predicted octanol–water partition coefficient (Wildman–Crippen LogP) is 1.85. The summed E-state index contributed by atoms with van der Waals surface area (Å²) in [6, 6.07) is 7.29. The summed E-state index contributed by atoms with van der Waals surface area (Å²) in [7, 11) is 0.